The van der Waals surface area contributed by atoms with Crippen molar-refractivity contribution in [3.63, 3.8) is 0 Å². The molecule has 0 saturated carbocycles. The van der Waals surface area contributed by atoms with Crippen molar-refractivity contribution in [2.45, 2.75) is 24.4 Å². The van der Waals surface area contributed by atoms with Crippen LogP contribution in [-0.2, 0) is 12.3 Å². The van der Waals surface area contributed by atoms with Gasteiger partial charge in [0.05, 0.1) is 12.0 Å². The van der Waals surface area contributed by atoms with Crippen molar-refractivity contribution in [1.29, 1.82) is 0 Å². The van der Waals surface area contributed by atoms with Crippen LogP contribution >= 0.6 is 27.7 Å². The van der Waals surface area contributed by atoms with Gasteiger partial charge in [-0.05, 0) is 43.3 Å². The van der Waals surface area contributed by atoms with Crippen LogP contribution in [-0.4, -0.2) is 24.9 Å². The van der Waals surface area contributed by atoms with Gasteiger partial charge in [0.25, 0.3) is 0 Å². The van der Waals surface area contributed by atoms with Gasteiger partial charge >= 0.3 is 0 Å². The van der Waals surface area contributed by atoms with Gasteiger partial charge in [-0.25, -0.2) is 0 Å². The van der Waals surface area contributed by atoms with E-state index in [1.807, 2.05) is 47.9 Å². The molecule has 0 aliphatic heterocycles. The van der Waals surface area contributed by atoms with Gasteiger partial charge in [-0.1, -0.05) is 32.8 Å². The van der Waals surface area contributed by atoms with Crippen molar-refractivity contribution < 1.29 is 8.94 Å². The maximum atomic E-state index is 5.42. The first-order valence-electron chi connectivity index (χ1n) is 7.93. The van der Waals surface area contributed by atoms with Crippen molar-refractivity contribution in [3.05, 3.63) is 53.0 Å². The molecule has 3 aromatic heterocycles. The number of nitrogens with zero attached hydrogens (tertiary/aromatic N) is 5. The summed E-state index contributed by atoms with van der Waals surface area (Å²) in [6.45, 7) is 2.78. The molecule has 7 nitrogen and oxygen atoms in total. The third kappa shape index (κ3) is 3.45. The van der Waals surface area contributed by atoms with E-state index in [0.29, 0.717) is 29.1 Å². The Morgan fingerprint density at radius 1 is 1.15 bits per heavy atom. The zero-order chi connectivity index (χ0) is 17.9. The molecule has 0 spiro atoms. The topological polar surface area (TPSA) is 82.8 Å². The van der Waals surface area contributed by atoms with Gasteiger partial charge < -0.3 is 8.94 Å². The monoisotopic (exact) mass is 431 g/mol. The molecule has 0 atom stereocenters. The molecular formula is C17H14BrN5O2S. The Kier molecular flexibility index (Phi) is 4.89. The molecule has 4 aromatic rings. The minimum Gasteiger partial charge on any atom is -0.461 e. The van der Waals surface area contributed by atoms with Crippen LogP contribution in [0.3, 0.4) is 0 Å². The first-order valence-corrected chi connectivity index (χ1v) is 9.71. The summed E-state index contributed by atoms with van der Waals surface area (Å²) < 4.78 is 13.8. The maximum absolute atomic E-state index is 5.42. The summed E-state index contributed by atoms with van der Waals surface area (Å²) in [6, 6.07) is 11.5. The van der Waals surface area contributed by atoms with Gasteiger partial charge in [0.1, 0.15) is 0 Å². The molecule has 0 N–H and O–H groups in total. The summed E-state index contributed by atoms with van der Waals surface area (Å²) >= 11 is 4.91. The summed E-state index contributed by atoms with van der Waals surface area (Å²) in [7, 11) is 0. The van der Waals surface area contributed by atoms with Crippen LogP contribution in [0.1, 0.15) is 12.8 Å². The Morgan fingerprint density at radius 2 is 2.00 bits per heavy atom. The third-order valence-corrected chi connectivity index (χ3v) is 5.15. The number of benzene rings is 1. The fraction of sp³-hybridized carbons (Fsp3) is 0.176. The Hall–Kier alpha value is -2.39. The molecule has 0 unspecified atom stereocenters. The average molecular weight is 432 g/mol. The highest BCUT2D eigenvalue weighted by Crippen LogP contribution is 2.27. The highest BCUT2D eigenvalue weighted by molar-refractivity contribution is 9.10. The molecule has 0 bridgehead atoms. The Labute approximate surface area is 161 Å². The zero-order valence-electron chi connectivity index (χ0n) is 13.8. The summed E-state index contributed by atoms with van der Waals surface area (Å²) in [6.07, 6.45) is 1.62. The lowest BCUT2D eigenvalue weighted by molar-refractivity contribution is 0.391. The second-order valence-corrected chi connectivity index (χ2v) is 7.19. The third-order valence-electron chi connectivity index (χ3n) is 3.67. The van der Waals surface area contributed by atoms with Crippen molar-refractivity contribution in [3.8, 4) is 23.0 Å². The molecule has 132 valence electrons. The molecule has 0 aliphatic rings. The van der Waals surface area contributed by atoms with E-state index in [2.05, 4.69) is 36.3 Å². The first-order chi connectivity index (χ1) is 12.7. The van der Waals surface area contributed by atoms with Crippen LogP contribution in [0.2, 0.25) is 0 Å². The lowest BCUT2D eigenvalue weighted by Gasteiger charge is -2.04. The van der Waals surface area contributed by atoms with E-state index >= 15 is 0 Å². The van der Waals surface area contributed by atoms with E-state index in [0.717, 1.165) is 21.7 Å². The highest BCUT2D eigenvalue weighted by atomic mass is 79.9. The van der Waals surface area contributed by atoms with Gasteiger partial charge in [0, 0.05) is 16.6 Å². The molecule has 9 heteroatoms. The lowest BCUT2D eigenvalue weighted by Crippen LogP contribution is -1.99. The lowest BCUT2D eigenvalue weighted by atomic mass is 10.2. The number of halogens is 1. The fourth-order valence-corrected chi connectivity index (χ4v) is 3.53. The quantitative estimate of drug-likeness (QED) is 0.410. The number of rotatable bonds is 6. The van der Waals surface area contributed by atoms with Crippen LogP contribution in [0.25, 0.3) is 23.0 Å². The van der Waals surface area contributed by atoms with Gasteiger partial charge in [-0.2, -0.15) is 4.98 Å². The number of hydrogen-bond acceptors (Lipinski definition) is 7. The van der Waals surface area contributed by atoms with E-state index in [4.69, 9.17) is 8.94 Å². The van der Waals surface area contributed by atoms with Gasteiger partial charge in [-0.3, -0.25) is 4.57 Å². The minimum absolute atomic E-state index is 0.514. The van der Waals surface area contributed by atoms with Crippen LogP contribution in [0, 0.1) is 0 Å². The van der Waals surface area contributed by atoms with E-state index in [1.165, 1.54) is 11.8 Å². The molecule has 0 radical (unpaired) electrons. The molecule has 26 heavy (non-hydrogen) atoms. The SMILES string of the molecule is CCn1c(SCc2nc(-c3ccc(Br)cc3)no2)nnc1-c1ccco1. The van der Waals surface area contributed by atoms with Crippen LogP contribution in [0.4, 0.5) is 0 Å². The molecule has 0 fully saturated rings. The molecule has 0 amide bonds. The van der Waals surface area contributed by atoms with Crippen molar-refractivity contribution >= 4 is 27.7 Å². The molecule has 1 aromatic carbocycles. The summed E-state index contributed by atoms with van der Waals surface area (Å²) in [4.78, 5) is 4.45. The highest BCUT2D eigenvalue weighted by Gasteiger charge is 2.16. The van der Waals surface area contributed by atoms with Crippen molar-refractivity contribution in [2.24, 2.45) is 0 Å². The number of aromatic nitrogens is 5. The van der Waals surface area contributed by atoms with E-state index in [-0.39, 0.29) is 0 Å². The molecule has 0 saturated heterocycles. The standard InChI is InChI=1S/C17H14BrN5O2S/c1-2-23-16(13-4-3-9-24-13)20-21-17(23)26-10-14-19-15(22-25-14)11-5-7-12(18)8-6-11/h3-9H,2,10H2,1H3. The van der Waals surface area contributed by atoms with Crippen molar-refractivity contribution in [2.75, 3.05) is 0 Å². The Balaban J connectivity index is 1.49. The van der Waals surface area contributed by atoms with Crippen LogP contribution < -0.4 is 0 Å². The predicted octanol–water partition coefficient (Wildman–Crippen LogP) is 4.66. The number of furan rings is 1. The van der Waals surface area contributed by atoms with Crippen LogP contribution in [0.15, 0.2) is 61.2 Å². The van der Waals surface area contributed by atoms with E-state index in [1.54, 1.807) is 6.26 Å². The molecule has 4 rings (SSSR count). The Morgan fingerprint density at radius 3 is 2.73 bits per heavy atom. The van der Waals surface area contributed by atoms with Crippen LogP contribution in [0.5, 0.6) is 0 Å². The Bertz CT molecular complexity index is 995. The summed E-state index contributed by atoms with van der Waals surface area (Å²) in [5.41, 5.74) is 0.907. The molecular weight excluding hydrogens is 418 g/mol. The van der Waals surface area contributed by atoms with Gasteiger partial charge in [0.2, 0.25) is 11.7 Å². The van der Waals surface area contributed by atoms with E-state index in [9.17, 15) is 0 Å². The van der Waals surface area contributed by atoms with Gasteiger partial charge in [-0.15, -0.1) is 10.2 Å². The number of thioether (sulfide) groups is 1. The summed E-state index contributed by atoms with van der Waals surface area (Å²) in [5.74, 6) is 3.03. The van der Waals surface area contributed by atoms with E-state index < -0.39 is 0 Å². The second-order valence-electron chi connectivity index (χ2n) is 5.34. The minimum atomic E-state index is 0.514. The molecule has 0 aliphatic carbocycles. The fourth-order valence-electron chi connectivity index (χ4n) is 2.42. The largest absolute Gasteiger partial charge is 0.461 e. The first kappa shape index (κ1) is 17.0. The van der Waals surface area contributed by atoms with Crippen molar-refractivity contribution in [1.82, 2.24) is 24.9 Å². The maximum Gasteiger partial charge on any atom is 0.237 e. The number of hydrogen-bond donors (Lipinski definition) is 0. The smallest absolute Gasteiger partial charge is 0.237 e. The van der Waals surface area contributed by atoms with Gasteiger partial charge in [0.15, 0.2) is 16.7 Å². The summed E-state index contributed by atoms with van der Waals surface area (Å²) in [5, 5.41) is 13.3. The normalized spacial score (nSPS) is 11.2. The second kappa shape index (κ2) is 7.46. The zero-order valence-corrected chi connectivity index (χ0v) is 16.2. The molecule has 3 heterocycles. The predicted molar refractivity (Wildman–Crippen MR) is 100 cm³/mol. The average Bonchev–Trinajstić information content (AvgIpc) is 3.40.